The fourth-order valence-electron chi connectivity index (χ4n) is 2.67. The lowest BCUT2D eigenvalue weighted by atomic mass is 10.1. The van der Waals surface area contributed by atoms with E-state index in [9.17, 15) is 0 Å². The zero-order chi connectivity index (χ0) is 19.1. The number of imidazole rings is 1. The van der Waals surface area contributed by atoms with Crippen molar-refractivity contribution in [1.29, 1.82) is 0 Å². The summed E-state index contributed by atoms with van der Waals surface area (Å²) in [5.74, 6) is 2.41. The molecule has 0 aliphatic heterocycles. The van der Waals surface area contributed by atoms with E-state index in [0.717, 1.165) is 29.3 Å². The van der Waals surface area contributed by atoms with Crippen LogP contribution in [0.4, 0.5) is 0 Å². The zero-order valence-corrected chi connectivity index (χ0v) is 15.9. The van der Waals surface area contributed by atoms with Gasteiger partial charge in [-0.15, -0.1) is 0 Å². The second-order valence-electron chi connectivity index (χ2n) is 6.18. The topological polar surface area (TPSA) is 51.9 Å². The second kappa shape index (κ2) is 8.89. The van der Waals surface area contributed by atoms with Crippen LogP contribution in [-0.4, -0.2) is 48.2 Å². The Morgan fingerprint density at radius 3 is 2.56 bits per heavy atom. The Balaban J connectivity index is 1.76. The maximum atomic E-state index is 6.09. The van der Waals surface area contributed by atoms with Gasteiger partial charge in [0.15, 0.2) is 5.84 Å². The third-order valence-electron chi connectivity index (χ3n) is 3.98. The number of aromatic nitrogens is 2. The first-order chi connectivity index (χ1) is 13.2. The predicted molar refractivity (Wildman–Crippen MR) is 106 cm³/mol. The van der Waals surface area contributed by atoms with E-state index < -0.39 is 0 Å². The summed E-state index contributed by atoms with van der Waals surface area (Å²) in [7, 11) is 5.45. The van der Waals surface area contributed by atoms with Crippen LogP contribution in [0.15, 0.2) is 72.4 Å². The molecule has 1 aromatic heterocycles. The molecular weight excluding hydrogens is 340 g/mol. The third-order valence-corrected chi connectivity index (χ3v) is 3.98. The lowest BCUT2D eigenvalue weighted by molar-refractivity contribution is 0.321. The van der Waals surface area contributed by atoms with Crippen LogP contribution in [0, 0.1) is 0 Å². The predicted octanol–water partition coefficient (Wildman–Crippen LogP) is 3.28. The molecule has 6 heteroatoms. The van der Waals surface area contributed by atoms with Gasteiger partial charge in [0.25, 0.3) is 0 Å². The number of hydrazone groups is 1. The van der Waals surface area contributed by atoms with E-state index in [2.05, 4.69) is 22.2 Å². The molecule has 3 aromatic rings. The van der Waals surface area contributed by atoms with Gasteiger partial charge in [-0.2, -0.15) is 5.10 Å². The molecule has 1 heterocycles. The quantitative estimate of drug-likeness (QED) is 0.367. The Morgan fingerprint density at radius 1 is 1.11 bits per heavy atom. The molecule has 6 nitrogen and oxygen atoms in total. The van der Waals surface area contributed by atoms with E-state index in [1.165, 1.54) is 5.56 Å². The van der Waals surface area contributed by atoms with Gasteiger partial charge in [-0.05, 0) is 29.8 Å². The molecule has 3 rings (SSSR count). The van der Waals surface area contributed by atoms with E-state index in [-0.39, 0.29) is 0 Å². The number of methoxy groups -OCH3 is 1. The van der Waals surface area contributed by atoms with Crippen molar-refractivity contribution in [1.82, 2.24) is 14.6 Å². The summed E-state index contributed by atoms with van der Waals surface area (Å²) in [4.78, 5) is 4.13. The van der Waals surface area contributed by atoms with E-state index in [0.29, 0.717) is 6.61 Å². The van der Waals surface area contributed by atoms with Gasteiger partial charge in [-0.25, -0.2) is 4.98 Å². The van der Waals surface area contributed by atoms with Gasteiger partial charge >= 0.3 is 0 Å². The summed E-state index contributed by atoms with van der Waals surface area (Å²) in [6, 6.07) is 15.9. The maximum Gasteiger partial charge on any atom is 0.168 e. The molecule has 0 amide bonds. The summed E-state index contributed by atoms with van der Waals surface area (Å²) in [6.45, 7) is 0.572. The van der Waals surface area contributed by atoms with Crippen molar-refractivity contribution >= 4 is 5.84 Å². The highest BCUT2D eigenvalue weighted by Crippen LogP contribution is 2.21. The molecule has 0 N–H and O–H groups in total. The third kappa shape index (κ3) is 4.88. The van der Waals surface area contributed by atoms with Crippen molar-refractivity contribution in [2.45, 2.75) is 6.42 Å². The zero-order valence-electron chi connectivity index (χ0n) is 15.9. The second-order valence-corrected chi connectivity index (χ2v) is 6.18. The molecule has 0 atom stereocenters. The molecule has 0 unspecified atom stereocenters. The Kier molecular flexibility index (Phi) is 6.10. The number of para-hydroxylation sites is 1. The summed E-state index contributed by atoms with van der Waals surface area (Å²) >= 11 is 0. The van der Waals surface area contributed by atoms with Crippen LogP contribution >= 0.6 is 0 Å². The molecule has 0 radical (unpaired) electrons. The van der Waals surface area contributed by atoms with Crippen molar-refractivity contribution in [3.8, 4) is 11.5 Å². The Hall–Kier alpha value is -3.28. The SMILES string of the molecule is COc1ccc(CCOc2ccccc2/C(=N/N(C)C)n2ccnc2)cc1. The number of rotatable bonds is 7. The molecule has 0 saturated heterocycles. The van der Waals surface area contributed by atoms with Crippen LogP contribution in [0.5, 0.6) is 11.5 Å². The van der Waals surface area contributed by atoms with Gasteiger partial charge in [-0.3, -0.25) is 4.57 Å². The van der Waals surface area contributed by atoms with Crippen molar-refractivity contribution in [2.75, 3.05) is 27.8 Å². The largest absolute Gasteiger partial charge is 0.497 e. The molecular formula is C21H24N4O2. The van der Waals surface area contributed by atoms with Gasteiger partial charge in [-0.1, -0.05) is 24.3 Å². The first kappa shape index (κ1) is 18.5. The highest BCUT2D eigenvalue weighted by molar-refractivity contribution is 6.02. The Labute approximate surface area is 159 Å². The van der Waals surface area contributed by atoms with Gasteiger partial charge < -0.3 is 14.5 Å². The Morgan fingerprint density at radius 2 is 1.89 bits per heavy atom. The minimum atomic E-state index is 0.572. The Bertz CT molecular complexity index is 871. The van der Waals surface area contributed by atoms with E-state index >= 15 is 0 Å². The van der Waals surface area contributed by atoms with Crippen molar-refractivity contribution < 1.29 is 9.47 Å². The maximum absolute atomic E-state index is 6.09. The molecule has 27 heavy (non-hydrogen) atoms. The fourth-order valence-corrected chi connectivity index (χ4v) is 2.67. The highest BCUT2D eigenvalue weighted by Gasteiger charge is 2.13. The first-order valence-corrected chi connectivity index (χ1v) is 8.77. The summed E-state index contributed by atoms with van der Waals surface area (Å²) in [6.07, 6.45) is 6.15. The minimum Gasteiger partial charge on any atom is -0.497 e. The van der Waals surface area contributed by atoms with Gasteiger partial charge in [0.2, 0.25) is 0 Å². The van der Waals surface area contributed by atoms with Gasteiger partial charge in [0.05, 0.1) is 19.3 Å². The smallest absolute Gasteiger partial charge is 0.168 e. The van der Waals surface area contributed by atoms with Crippen LogP contribution in [0.2, 0.25) is 0 Å². The van der Waals surface area contributed by atoms with E-state index in [1.54, 1.807) is 24.6 Å². The van der Waals surface area contributed by atoms with Crippen LogP contribution < -0.4 is 9.47 Å². The van der Waals surface area contributed by atoms with Crippen molar-refractivity contribution in [3.05, 3.63) is 78.4 Å². The molecule has 0 bridgehead atoms. The van der Waals surface area contributed by atoms with Gasteiger partial charge in [0.1, 0.15) is 17.8 Å². The average Bonchev–Trinajstić information content (AvgIpc) is 3.22. The first-order valence-electron chi connectivity index (χ1n) is 8.77. The fraction of sp³-hybridized carbons (Fsp3) is 0.238. The number of hydrogen-bond acceptors (Lipinski definition) is 5. The highest BCUT2D eigenvalue weighted by atomic mass is 16.5. The molecule has 0 fully saturated rings. The monoisotopic (exact) mass is 364 g/mol. The van der Waals surface area contributed by atoms with Crippen molar-refractivity contribution in [3.63, 3.8) is 0 Å². The van der Waals surface area contributed by atoms with E-state index in [1.807, 2.05) is 61.3 Å². The lowest BCUT2D eigenvalue weighted by Gasteiger charge is -2.16. The van der Waals surface area contributed by atoms with Crippen LogP contribution in [-0.2, 0) is 6.42 Å². The molecule has 0 saturated carbocycles. The normalized spacial score (nSPS) is 11.3. The standard InChI is InChI=1S/C21H24N4O2/c1-24(2)23-21(25-14-13-22-16-25)19-6-4-5-7-20(19)27-15-12-17-8-10-18(26-3)11-9-17/h4-11,13-14,16H,12,15H2,1-3H3/b23-21-. The molecule has 2 aromatic carbocycles. The number of nitrogens with zero attached hydrogens (tertiary/aromatic N) is 4. The minimum absolute atomic E-state index is 0.572. The summed E-state index contributed by atoms with van der Waals surface area (Å²) in [5.41, 5.74) is 2.11. The molecule has 140 valence electrons. The van der Waals surface area contributed by atoms with Crippen molar-refractivity contribution in [2.24, 2.45) is 5.10 Å². The summed E-state index contributed by atoms with van der Waals surface area (Å²) < 4.78 is 13.2. The van der Waals surface area contributed by atoms with Crippen LogP contribution in [0.1, 0.15) is 11.1 Å². The lowest BCUT2D eigenvalue weighted by Crippen LogP contribution is -2.18. The number of benzene rings is 2. The van der Waals surface area contributed by atoms with Crippen LogP contribution in [0.3, 0.4) is 0 Å². The average molecular weight is 364 g/mol. The number of hydrogen-bond donors (Lipinski definition) is 0. The number of ether oxygens (including phenoxy) is 2. The molecule has 0 aliphatic rings. The van der Waals surface area contributed by atoms with Crippen LogP contribution in [0.25, 0.3) is 0 Å². The molecule has 0 aliphatic carbocycles. The summed E-state index contributed by atoms with van der Waals surface area (Å²) in [5, 5.41) is 6.38. The van der Waals surface area contributed by atoms with Gasteiger partial charge in [0, 0.05) is 32.9 Å². The molecule has 0 spiro atoms. The van der Waals surface area contributed by atoms with E-state index in [4.69, 9.17) is 9.47 Å².